The molecule has 2 unspecified atom stereocenters. The average molecular weight is 402 g/mol. The maximum absolute atomic E-state index is 12.4. The number of nitrogens with one attached hydrogen (secondary N) is 2. The van der Waals surface area contributed by atoms with E-state index in [0.717, 1.165) is 23.1 Å². The van der Waals surface area contributed by atoms with Gasteiger partial charge in [-0.25, -0.2) is 0 Å². The maximum Gasteiger partial charge on any atom is 0.228 e. The summed E-state index contributed by atoms with van der Waals surface area (Å²) >= 11 is 6.32. The van der Waals surface area contributed by atoms with E-state index in [1.54, 1.807) is 6.07 Å². The second-order valence-corrected chi connectivity index (χ2v) is 8.16. The highest BCUT2D eigenvalue weighted by Gasteiger charge is 2.34. The van der Waals surface area contributed by atoms with Crippen molar-refractivity contribution in [2.75, 3.05) is 5.73 Å². The number of hydrogen-bond donors (Lipinski definition) is 3. The van der Waals surface area contributed by atoms with Crippen LogP contribution in [0.4, 0.5) is 5.69 Å². The van der Waals surface area contributed by atoms with Gasteiger partial charge in [0, 0.05) is 28.4 Å². The number of halogens is 1. The summed E-state index contributed by atoms with van der Waals surface area (Å²) in [5.41, 5.74) is 9.59. The SMILES string of the molecule is CC(C)NC(C)C.CCC1C(=O)NC(c2c(N)cccc2Cl)c2ccccc21. The van der Waals surface area contributed by atoms with E-state index in [1.165, 1.54) is 0 Å². The van der Waals surface area contributed by atoms with Gasteiger partial charge in [0.25, 0.3) is 0 Å². The Bertz CT molecular complexity index is 778. The Morgan fingerprint density at radius 1 is 1.04 bits per heavy atom. The van der Waals surface area contributed by atoms with Gasteiger partial charge in [0.15, 0.2) is 0 Å². The van der Waals surface area contributed by atoms with E-state index in [0.29, 0.717) is 22.8 Å². The molecule has 4 nitrogen and oxygen atoms in total. The van der Waals surface area contributed by atoms with Gasteiger partial charge in [0.2, 0.25) is 5.91 Å². The van der Waals surface area contributed by atoms with E-state index in [9.17, 15) is 4.79 Å². The smallest absolute Gasteiger partial charge is 0.228 e. The van der Waals surface area contributed by atoms with Crippen molar-refractivity contribution in [2.24, 2.45) is 0 Å². The summed E-state index contributed by atoms with van der Waals surface area (Å²) in [5, 5.41) is 6.95. The summed E-state index contributed by atoms with van der Waals surface area (Å²) in [5.74, 6) is -0.0818. The number of rotatable bonds is 4. The highest BCUT2D eigenvalue weighted by Crippen LogP contribution is 2.40. The number of carbonyl (C=O) groups is 1. The molecule has 0 aromatic heterocycles. The fourth-order valence-corrected chi connectivity index (χ4v) is 4.00. The van der Waals surface area contributed by atoms with Gasteiger partial charge in [-0.1, -0.05) is 76.6 Å². The average Bonchev–Trinajstić information content (AvgIpc) is 2.61. The predicted octanol–water partition coefficient (Wildman–Crippen LogP) is 5.03. The minimum Gasteiger partial charge on any atom is -0.398 e. The molecule has 1 amide bonds. The van der Waals surface area contributed by atoms with Crippen molar-refractivity contribution in [1.29, 1.82) is 0 Å². The predicted molar refractivity (Wildman–Crippen MR) is 119 cm³/mol. The standard InChI is InChI=1S/C17H17ClN2O.C6H15N/c1-2-10-11-6-3-4-7-12(11)16(20-17(10)21)15-13(18)8-5-9-14(15)19;1-5(2)7-6(3)4/h3-10,16H,2,19H2,1H3,(H,20,21);5-7H,1-4H3. The molecule has 28 heavy (non-hydrogen) atoms. The molecular formula is C23H32ClN3O. The van der Waals surface area contributed by atoms with Crippen LogP contribution in [0.15, 0.2) is 42.5 Å². The van der Waals surface area contributed by atoms with Gasteiger partial charge >= 0.3 is 0 Å². The van der Waals surface area contributed by atoms with Gasteiger partial charge in [-0.3, -0.25) is 4.79 Å². The van der Waals surface area contributed by atoms with Crippen LogP contribution < -0.4 is 16.4 Å². The van der Waals surface area contributed by atoms with Gasteiger partial charge in [-0.05, 0) is 29.7 Å². The molecule has 3 rings (SSSR count). The summed E-state index contributed by atoms with van der Waals surface area (Å²) in [6, 6.07) is 14.4. The lowest BCUT2D eigenvalue weighted by Crippen LogP contribution is -2.39. The molecule has 2 aromatic carbocycles. The second-order valence-electron chi connectivity index (χ2n) is 7.75. The first-order valence-corrected chi connectivity index (χ1v) is 10.3. The molecular weight excluding hydrogens is 370 g/mol. The topological polar surface area (TPSA) is 67.2 Å². The number of benzene rings is 2. The Kier molecular flexibility index (Phi) is 7.90. The lowest BCUT2D eigenvalue weighted by molar-refractivity contribution is -0.123. The fraction of sp³-hybridized carbons (Fsp3) is 0.435. The van der Waals surface area contributed by atoms with Crippen LogP contribution in [0.1, 0.15) is 69.7 Å². The molecule has 1 aliphatic heterocycles. The van der Waals surface area contributed by atoms with Crippen molar-refractivity contribution < 1.29 is 4.79 Å². The maximum atomic E-state index is 12.4. The van der Waals surface area contributed by atoms with Crippen LogP contribution in [-0.2, 0) is 4.79 Å². The zero-order valence-corrected chi connectivity index (χ0v) is 18.2. The summed E-state index contributed by atoms with van der Waals surface area (Å²) in [4.78, 5) is 12.4. The third-order valence-electron chi connectivity index (χ3n) is 4.74. The molecule has 0 radical (unpaired) electrons. The number of anilines is 1. The van der Waals surface area contributed by atoms with Gasteiger partial charge in [-0.2, -0.15) is 0 Å². The summed E-state index contributed by atoms with van der Waals surface area (Å²) in [6.07, 6.45) is 0.771. The first kappa shape index (κ1) is 22.3. The van der Waals surface area contributed by atoms with E-state index >= 15 is 0 Å². The van der Waals surface area contributed by atoms with Crippen molar-refractivity contribution in [2.45, 2.75) is 65.1 Å². The third-order valence-corrected chi connectivity index (χ3v) is 5.07. The summed E-state index contributed by atoms with van der Waals surface area (Å²) in [6.45, 7) is 10.6. The Morgan fingerprint density at radius 2 is 1.64 bits per heavy atom. The normalized spacial score (nSPS) is 18.4. The molecule has 152 valence electrons. The number of nitrogen functional groups attached to an aromatic ring is 1. The largest absolute Gasteiger partial charge is 0.398 e. The van der Waals surface area contributed by atoms with Crippen LogP contribution >= 0.6 is 11.6 Å². The molecule has 1 heterocycles. The molecule has 0 fully saturated rings. The number of fused-ring (bicyclic) bond motifs is 1. The Balaban J connectivity index is 0.000000345. The van der Waals surface area contributed by atoms with Crippen LogP contribution in [0.5, 0.6) is 0 Å². The van der Waals surface area contributed by atoms with Crippen LogP contribution in [0.2, 0.25) is 5.02 Å². The highest BCUT2D eigenvalue weighted by molar-refractivity contribution is 6.31. The zero-order chi connectivity index (χ0) is 20.8. The van der Waals surface area contributed by atoms with Crippen LogP contribution in [0.25, 0.3) is 0 Å². The number of amides is 1. The molecule has 0 saturated carbocycles. The van der Waals surface area contributed by atoms with Crippen LogP contribution in [-0.4, -0.2) is 18.0 Å². The molecule has 0 aliphatic carbocycles. The quantitative estimate of drug-likeness (QED) is 0.629. The van der Waals surface area contributed by atoms with E-state index in [4.69, 9.17) is 17.3 Å². The van der Waals surface area contributed by atoms with Crippen molar-refractivity contribution in [3.8, 4) is 0 Å². The van der Waals surface area contributed by atoms with E-state index in [-0.39, 0.29) is 17.9 Å². The van der Waals surface area contributed by atoms with Crippen molar-refractivity contribution in [3.63, 3.8) is 0 Å². The van der Waals surface area contributed by atoms with Gasteiger partial charge in [0.05, 0.1) is 12.0 Å². The molecule has 2 aromatic rings. The van der Waals surface area contributed by atoms with Gasteiger partial charge in [-0.15, -0.1) is 0 Å². The number of nitrogens with two attached hydrogens (primary N) is 1. The minimum absolute atomic E-state index is 0.0283. The monoisotopic (exact) mass is 401 g/mol. The first-order valence-electron chi connectivity index (χ1n) is 9.95. The Labute approximate surface area is 173 Å². The zero-order valence-electron chi connectivity index (χ0n) is 17.4. The van der Waals surface area contributed by atoms with E-state index in [2.05, 4.69) is 38.3 Å². The van der Waals surface area contributed by atoms with E-state index in [1.807, 2.05) is 43.3 Å². The lowest BCUT2D eigenvalue weighted by atomic mass is 9.82. The molecule has 0 bridgehead atoms. The van der Waals surface area contributed by atoms with Gasteiger partial charge in [0.1, 0.15) is 0 Å². The van der Waals surface area contributed by atoms with E-state index < -0.39 is 0 Å². The highest BCUT2D eigenvalue weighted by atomic mass is 35.5. The van der Waals surface area contributed by atoms with Crippen molar-refractivity contribution >= 4 is 23.2 Å². The Hall–Kier alpha value is -2.04. The Morgan fingerprint density at radius 3 is 2.14 bits per heavy atom. The molecule has 1 aliphatic rings. The third kappa shape index (κ3) is 5.27. The minimum atomic E-state index is -0.287. The summed E-state index contributed by atoms with van der Waals surface area (Å²) < 4.78 is 0. The number of carbonyl (C=O) groups excluding carboxylic acids is 1. The molecule has 5 heteroatoms. The fourth-order valence-electron chi connectivity index (χ4n) is 3.71. The van der Waals surface area contributed by atoms with Crippen molar-refractivity contribution in [3.05, 3.63) is 64.2 Å². The molecule has 0 saturated heterocycles. The van der Waals surface area contributed by atoms with Gasteiger partial charge < -0.3 is 16.4 Å². The van der Waals surface area contributed by atoms with Crippen LogP contribution in [0, 0.1) is 0 Å². The number of hydrogen-bond acceptors (Lipinski definition) is 3. The first-order chi connectivity index (χ1) is 13.3. The molecule has 0 spiro atoms. The lowest BCUT2D eigenvalue weighted by Gasteiger charge is -2.32. The van der Waals surface area contributed by atoms with Crippen LogP contribution in [0.3, 0.4) is 0 Å². The molecule has 4 N–H and O–H groups in total. The molecule has 2 atom stereocenters. The second kappa shape index (κ2) is 9.94. The van der Waals surface area contributed by atoms with Crippen molar-refractivity contribution in [1.82, 2.24) is 10.6 Å². The summed E-state index contributed by atoms with van der Waals surface area (Å²) in [7, 11) is 0.